The molecule has 3 heterocycles. The van der Waals surface area contributed by atoms with Crippen LogP contribution in [0.3, 0.4) is 0 Å². The molecular weight excluding hydrogens is 300 g/mol. The second-order valence-electron chi connectivity index (χ2n) is 7.87. The van der Waals surface area contributed by atoms with Gasteiger partial charge in [-0.25, -0.2) is 0 Å². The van der Waals surface area contributed by atoms with Crippen LogP contribution in [0.25, 0.3) is 5.65 Å². The van der Waals surface area contributed by atoms with Gasteiger partial charge in [-0.05, 0) is 56.1 Å². The number of pyridine rings is 1. The summed E-state index contributed by atoms with van der Waals surface area (Å²) in [5.74, 6) is 3.74. The lowest BCUT2D eigenvalue weighted by molar-refractivity contribution is -0.138. The fourth-order valence-electron chi connectivity index (χ4n) is 5.28. The number of carbonyl (C=O) groups excluding carboxylic acids is 1. The zero-order valence-electron chi connectivity index (χ0n) is 14.0. The average molecular weight is 324 g/mol. The van der Waals surface area contributed by atoms with E-state index in [1.807, 2.05) is 24.4 Å². The van der Waals surface area contributed by atoms with Crippen LogP contribution >= 0.6 is 0 Å². The molecule has 0 spiro atoms. The molecule has 2 saturated carbocycles. The van der Waals surface area contributed by atoms with Crippen LogP contribution in [-0.4, -0.2) is 38.5 Å². The summed E-state index contributed by atoms with van der Waals surface area (Å²) in [4.78, 5) is 15.0. The molecule has 0 aromatic carbocycles. The fourth-order valence-corrected chi connectivity index (χ4v) is 5.28. The monoisotopic (exact) mass is 324 g/mol. The first kappa shape index (κ1) is 14.4. The Kier molecular flexibility index (Phi) is 3.35. The molecular formula is C19H24N4O. The van der Waals surface area contributed by atoms with Crippen molar-refractivity contribution in [3.05, 3.63) is 30.2 Å². The number of carbonyl (C=O) groups is 1. The van der Waals surface area contributed by atoms with Crippen molar-refractivity contribution in [1.82, 2.24) is 19.5 Å². The Morgan fingerprint density at radius 1 is 1.04 bits per heavy atom. The smallest absolute Gasteiger partial charge is 0.225 e. The quantitative estimate of drug-likeness (QED) is 0.853. The minimum absolute atomic E-state index is 0.328. The highest BCUT2D eigenvalue weighted by molar-refractivity contribution is 5.79. The van der Waals surface area contributed by atoms with Crippen molar-refractivity contribution < 1.29 is 4.79 Å². The van der Waals surface area contributed by atoms with E-state index in [4.69, 9.17) is 0 Å². The predicted molar refractivity (Wildman–Crippen MR) is 90.5 cm³/mol. The summed E-state index contributed by atoms with van der Waals surface area (Å²) in [6.45, 7) is 1.75. The normalized spacial score (nSPS) is 30.3. The standard InChI is InChI=1S/C19H24N4O/c24-19(16-12-13-4-5-15(16)11-13)22-9-6-14(7-10-22)18-21-20-17-3-1-2-8-23(17)18/h1-3,8,13-16H,4-7,9-12H2/t13-,15-,16+/m0/s1. The molecule has 1 amide bonds. The number of hydrogen-bond donors (Lipinski definition) is 0. The molecule has 2 bridgehead atoms. The first-order chi connectivity index (χ1) is 11.8. The molecule has 1 saturated heterocycles. The SMILES string of the molecule is O=C([C@@H]1C[C@H]2CC[C@H]1C2)N1CCC(c2nnc3ccccn23)CC1. The van der Waals surface area contributed by atoms with E-state index >= 15 is 0 Å². The molecule has 5 rings (SSSR count). The summed E-state index contributed by atoms with van der Waals surface area (Å²) in [5, 5.41) is 8.68. The maximum Gasteiger partial charge on any atom is 0.225 e. The summed E-state index contributed by atoms with van der Waals surface area (Å²) in [6, 6.07) is 6.00. The largest absolute Gasteiger partial charge is 0.342 e. The third-order valence-electron chi connectivity index (χ3n) is 6.57. The maximum absolute atomic E-state index is 12.9. The van der Waals surface area contributed by atoms with Crippen molar-refractivity contribution in [2.45, 2.75) is 44.4 Å². The number of fused-ring (bicyclic) bond motifs is 3. The molecule has 2 aromatic rings. The van der Waals surface area contributed by atoms with E-state index in [1.165, 1.54) is 19.3 Å². The van der Waals surface area contributed by atoms with Crippen LogP contribution in [0.15, 0.2) is 24.4 Å². The molecule has 3 atom stereocenters. The lowest BCUT2D eigenvalue weighted by atomic mass is 9.86. The summed E-state index contributed by atoms with van der Waals surface area (Å²) in [6.07, 6.45) is 9.14. The second kappa shape index (κ2) is 5.57. The molecule has 2 aromatic heterocycles. The van der Waals surface area contributed by atoms with Crippen molar-refractivity contribution in [3.8, 4) is 0 Å². The van der Waals surface area contributed by atoms with Gasteiger partial charge in [-0.2, -0.15) is 0 Å². The highest BCUT2D eigenvalue weighted by atomic mass is 16.2. The Balaban J connectivity index is 1.27. The Labute approximate surface area is 142 Å². The van der Waals surface area contributed by atoms with E-state index in [1.54, 1.807) is 0 Å². The van der Waals surface area contributed by atoms with Crippen molar-refractivity contribution in [2.75, 3.05) is 13.1 Å². The zero-order chi connectivity index (χ0) is 16.1. The third-order valence-corrected chi connectivity index (χ3v) is 6.57. The third kappa shape index (κ3) is 2.25. The topological polar surface area (TPSA) is 50.5 Å². The Bertz CT molecular complexity index is 762. The van der Waals surface area contributed by atoms with E-state index in [0.29, 0.717) is 23.7 Å². The van der Waals surface area contributed by atoms with Crippen molar-refractivity contribution in [3.63, 3.8) is 0 Å². The van der Waals surface area contributed by atoms with Gasteiger partial charge in [0.05, 0.1) is 0 Å². The van der Waals surface area contributed by atoms with Gasteiger partial charge in [0, 0.05) is 31.1 Å². The fraction of sp³-hybridized carbons (Fsp3) is 0.632. The molecule has 2 aliphatic carbocycles. The molecule has 3 aliphatic rings. The number of hydrogen-bond acceptors (Lipinski definition) is 3. The molecule has 3 fully saturated rings. The van der Waals surface area contributed by atoms with Crippen LogP contribution in [-0.2, 0) is 4.79 Å². The van der Waals surface area contributed by atoms with Crippen LogP contribution in [0.4, 0.5) is 0 Å². The summed E-state index contributed by atoms with van der Waals surface area (Å²) >= 11 is 0. The van der Waals surface area contributed by atoms with Gasteiger partial charge in [0.25, 0.3) is 0 Å². The van der Waals surface area contributed by atoms with Crippen LogP contribution in [0.2, 0.25) is 0 Å². The zero-order valence-corrected chi connectivity index (χ0v) is 14.0. The van der Waals surface area contributed by atoms with Gasteiger partial charge in [-0.3, -0.25) is 9.20 Å². The lowest BCUT2D eigenvalue weighted by Gasteiger charge is -2.34. The molecule has 0 unspecified atom stereocenters. The van der Waals surface area contributed by atoms with Crippen molar-refractivity contribution in [2.24, 2.45) is 17.8 Å². The van der Waals surface area contributed by atoms with Crippen molar-refractivity contribution >= 4 is 11.6 Å². The molecule has 0 N–H and O–H groups in total. The Morgan fingerprint density at radius 2 is 1.92 bits per heavy atom. The molecule has 5 heteroatoms. The second-order valence-corrected chi connectivity index (χ2v) is 7.87. The average Bonchev–Trinajstić information content (AvgIpc) is 3.36. The van der Waals surface area contributed by atoms with Gasteiger partial charge >= 0.3 is 0 Å². The summed E-state index contributed by atoms with van der Waals surface area (Å²) < 4.78 is 2.10. The molecule has 1 aliphatic heterocycles. The number of rotatable bonds is 2. The van der Waals surface area contributed by atoms with Gasteiger partial charge in [0.15, 0.2) is 5.65 Å². The number of piperidine rings is 1. The van der Waals surface area contributed by atoms with Gasteiger partial charge in [0.2, 0.25) is 5.91 Å². The highest BCUT2D eigenvalue weighted by Gasteiger charge is 2.44. The minimum Gasteiger partial charge on any atom is -0.342 e. The van der Waals surface area contributed by atoms with E-state index in [-0.39, 0.29) is 0 Å². The Morgan fingerprint density at radius 3 is 2.67 bits per heavy atom. The van der Waals surface area contributed by atoms with E-state index in [2.05, 4.69) is 19.5 Å². The maximum atomic E-state index is 12.9. The van der Waals surface area contributed by atoms with Crippen LogP contribution in [0.5, 0.6) is 0 Å². The predicted octanol–water partition coefficient (Wildman–Crippen LogP) is 2.87. The number of amides is 1. The molecule has 24 heavy (non-hydrogen) atoms. The number of nitrogens with zero attached hydrogens (tertiary/aromatic N) is 4. The van der Waals surface area contributed by atoms with Crippen LogP contribution in [0.1, 0.15) is 50.3 Å². The molecule has 126 valence electrons. The minimum atomic E-state index is 0.328. The first-order valence-electron chi connectivity index (χ1n) is 9.38. The van der Waals surface area contributed by atoms with Gasteiger partial charge in [-0.15, -0.1) is 10.2 Å². The van der Waals surface area contributed by atoms with E-state index < -0.39 is 0 Å². The Hall–Kier alpha value is -1.91. The summed E-state index contributed by atoms with van der Waals surface area (Å²) in [7, 11) is 0. The summed E-state index contributed by atoms with van der Waals surface area (Å²) in [5.41, 5.74) is 0.910. The molecule has 5 nitrogen and oxygen atoms in total. The first-order valence-corrected chi connectivity index (χ1v) is 9.38. The van der Waals surface area contributed by atoms with Crippen LogP contribution in [0, 0.1) is 17.8 Å². The number of likely N-dealkylation sites (tertiary alicyclic amines) is 1. The van der Waals surface area contributed by atoms with Gasteiger partial charge in [0.1, 0.15) is 5.82 Å². The van der Waals surface area contributed by atoms with E-state index in [9.17, 15) is 4.79 Å². The van der Waals surface area contributed by atoms with Gasteiger partial charge < -0.3 is 4.90 Å². The van der Waals surface area contributed by atoms with Crippen LogP contribution < -0.4 is 0 Å². The lowest BCUT2D eigenvalue weighted by Crippen LogP contribution is -2.42. The highest BCUT2D eigenvalue weighted by Crippen LogP contribution is 2.49. The number of aromatic nitrogens is 3. The van der Waals surface area contributed by atoms with Crippen molar-refractivity contribution in [1.29, 1.82) is 0 Å². The van der Waals surface area contributed by atoms with E-state index in [0.717, 1.165) is 49.7 Å². The molecule has 0 radical (unpaired) electrons. The van der Waals surface area contributed by atoms with Gasteiger partial charge in [-0.1, -0.05) is 12.5 Å².